The molecule has 2 aliphatic rings. The van der Waals surface area contributed by atoms with Gasteiger partial charge in [0.25, 0.3) is 17.7 Å². The van der Waals surface area contributed by atoms with E-state index in [1.54, 1.807) is 0 Å². The third-order valence-electron chi connectivity index (χ3n) is 5.52. The fourth-order valence-electron chi connectivity index (χ4n) is 3.80. The number of fused-ring (bicyclic) bond motifs is 1. The maximum atomic E-state index is 12.8. The molecular formula is C25H24N4O9. The summed E-state index contributed by atoms with van der Waals surface area (Å²) in [6.07, 6.45) is -0.199. The second-order valence-corrected chi connectivity index (χ2v) is 8.22. The number of aliphatic carboxylic acids is 1. The number of hydrogen-bond donors (Lipinski definition) is 4. The number of nitrogens with two attached hydrogens (primary N) is 1. The van der Waals surface area contributed by atoms with Crippen LogP contribution < -0.4 is 16.4 Å². The maximum absolute atomic E-state index is 12.8. The van der Waals surface area contributed by atoms with Crippen LogP contribution in [0.15, 0.2) is 48.5 Å². The smallest absolute Gasteiger partial charge is 0.412 e. The second-order valence-electron chi connectivity index (χ2n) is 8.22. The average molecular weight is 524 g/mol. The molecule has 5 N–H and O–H groups in total. The molecule has 6 amide bonds. The Labute approximate surface area is 215 Å². The highest BCUT2D eigenvalue weighted by Crippen LogP contribution is 2.32. The van der Waals surface area contributed by atoms with Gasteiger partial charge in [-0.1, -0.05) is 36.4 Å². The van der Waals surface area contributed by atoms with Gasteiger partial charge in [-0.15, -0.1) is 0 Å². The summed E-state index contributed by atoms with van der Waals surface area (Å²) in [4.78, 5) is 82.0. The molecular weight excluding hydrogens is 500 g/mol. The molecule has 38 heavy (non-hydrogen) atoms. The second kappa shape index (κ2) is 12.3. The lowest BCUT2D eigenvalue weighted by molar-refractivity contribution is -0.137. The normalized spacial score (nSPS) is 16.1. The van der Waals surface area contributed by atoms with Gasteiger partial charge in [-0.05, 0) is 30.5 Å². The van der Waals surface area contributed by atoms with Gasteiger partial charge in [-0.3, -0.25) is 44.3 Å². The topological polar surface area (TPSA) is 202 Å². The number of piperidine rings is 1. The summed E-state index contributed by atoms with van der Waals surface area (Å²) < 4.78 is 4.57. The Morgan fingerprint density at radius 2 is 1.74 bits per heavy atom. The number of hydrogen-bond acceptors (Lipinski definition) is 8. The van der Waals surface area contributed by atoms with Crippen molar-refractivity contribution in [2.45, 2.75) is 31.7 Å². The summed E-state index contributed by atoms with van der Waals surface area (Å²) in [5.74, 6) is -4.31. The van der Waals surface area contributed by atoms with Gasteiger partial charge in [0.15, 0.2) is 6.61 Å². The van der Waals surface area contributed by atoms with Crippen molar-refractivity contribution in [2.24, 2.45) is 5.73 Å². The summed E-state index contributed by atoms with van der Waals surface area (Å²) in [6, 6.07) is 12.7. The first-order valence-electron chi connectivity index (χ1n) is 11.4. The minimum Gasteiger partial charge on any atom is -0.481 e. The molecule has 13 heteroatoms. The van der Waals surface area contributed by atoms with Crippen LogP contribution in [0.5, 0.6) is 0 Å². The summed E-state index contributed by atoms with van der Waals surface area (Å²) >= 11 is 0. The number of ether oxygens (including phenoxy) is 1. The first-order chi connectivity index (χ1) is 18.1. The molecule has 1 fully saturated rings. The molecule has 2 aromatic rings. The van der Waals surface area contributed by atoms with Crippen molar-refractivity contribution in [1.29, 1.82) is 0 Å². The Morgan fingerprint density at radius 1 is 1.03 bits per heavy atom. The van der Waals surface area contributed by atoms with Crippen LogP contribution >= 0.6 is 0 Å². The minimum atomic E-state index is -1.12. The highest BCUT2D eigenvalue weighted by atomic mass is 16.6. The van der Waals surface area contributed by atoms with E-state index in [4.69, 9.17) is 10.8 Å². The van der Waals surface area contributed by atoms with E-state index in [1.165, 1.54) is 18.2 Å². The fraction of sp³-hybridized carbons (Fsp3) is 0.240. The lowest BCUT2D eigenvalue weighted by atomic mass is 10.0. The van der Waals surface area contributed by atoms with Crippen molar-refractivity contribution < 1.29 is 43.4 Å². The van der Waals surface area contributed by atoms with Crippen LogP contribution in [0.3, 0.4) is 0 Å². The molecule has 4 rings (SSSR count). The number of rotatable bonds is 7. The predicted octanol–water partition coefficient (Wildman–Crippen LogP) is 0.825. The van der Waals surface area contributed by atoms with Gasteiger partial charge in [-0.25, -0.2) is 4.79 Å². The molecule has 1 unspecified atom stereocenters. The number of anilines is 1. The molecule has 198 valence electrons. The van der Waals surface area contributed by atoms with E-state index in [1.807, 2.05) is 30.3 Å². The molecule has 0 spiro atoms. The highest BCUT2D eigenvalue weighted by molar-refractivity contribution is 6.26. The predicted molar refractivity (Wildman–Crippen MR) is 130 cm³/mol. The monoisotopic (exact) mass is 524 g/mol. The van der Waals surface area contributed by atoms with E-state index in [-0.39, 0.29) is 36.1 Å². The number of benzene rings is 2. The zero-order chi connectivity index (χ0) is 27.8. The Hall–Kier alpha value is -5.07. The van der Waals surface area contributed by atoms with Gasteiger partial charge in [0.05, 0.1) is 16.8 Å². The molecule has 0 saturated carbocycles. The molecule has 13 nitrogen and oxygen atoms in total. The van der Waals surface area contributed by atoms with Gasteiger partial charge < -0.3 is 15.6 Å². The summed E-state index contributed by atoms with van der Waals surface area (Å²) in [6.45, 7) is -0.657. The molecule has 0 aliphatic carbocycles. The van der Waals surface area contributed by atoms with Gasteiger partial charge in [0.1, 0.15) is 6.04 Å². The maximum Gasteiger partial charge on any atom is 0.412 e. The molecule has 0 bridgehead atoms. The van der Waals surface area contributed by atoms with E-state index in [2.05, 4.69) is 15.4 Å². The quantitative estimate of drug-likeness (QED) is 0.378. The largest absolute Gasteiger partial charge is 0.481 e. The van der Waals surface area contributed by atoms with Gasteiger partial charge >= 0.3 is 12.1 Å². The average Bonchev–Trinajstić information content (AvgIpc) is 3.13. The van der Waals surface area contributed by atoms with Gasteiger partial charge in [-0.2, -0.15) is 0 Å². The molecule has 2 heterocycles. The fourth-order valence-corrected chi connectivity index (χ4v) is 3.80. The van der Waals surface area contributed by atoms with Crippen LogP contribution in [-0.2, 0) is 30.3 Å². The highest BCUT2D eigenvalue weighted by Gasteiger charge is 2.45. The number of primary amides is 1. The third-order valence-corrected chi connectivity index (χ3v) is 5.52. The van der Waals surface area contributed by atoms with Crippen molar-refractivity contribution in [3.8, 4) is 0 Å². The van der Waals surface area contributed by atoms with Gasteiger partial charge in [0, 0.05) is 12.8 Å². The van der Waals surface area contributed by atoms with Crippen LogP contribution in [0, 0.1) is 0 Å². The number of nitrogens with one attached hydrogen (secondary N) is 2. The number of aryl methyl sites for hydroxylation is 1. The number of carboxylic acids is 1. The third kappa shape index (κ3) is 6.78. The Balaban J connectivity index is 0.000000304. The molecule has 1 atom stereocenters. The van der Waals surface area contributed by atoms with E-state index in [0.29, 0.717) is 6.42 Å². The van der Waals surface area contributed by atoms with Crippen LogP contribution in [-0.4, -0.2) is 64.3 Å². The van der Waals surface area contributed by atoms with E-state index in [9.17, 15) is 33.6 Å². The Kier molecular flexibility index (Phi) is 8.87. The lowest BCUT2D eigenvalue weighted by Gasteiger charge is -2.27. The molecule has 1 saturated heterocycles. The van der Waals surface area contributed by atoms with Crippen molar-refractivity contribution in [1.82, 2.24) is 10.2 Å². The standard InChI is InChI=1S/C16H14N4O7.C9H10O2/c17-10(21)6-27-16(26)18-8-3-1-2-7-12(8)15(25)20(14(7)24)9-4-5-11(22)19-13(9)23;10-9(11)7-6-8-4-2-1-3-5-8/h1-3,9H,4-6H2,(H2,17,21)(H,18,26)(H,19,22,23);1-5H,6-7H2,(H,10,11). The van der Waals surface area contributed by atoms with Crippen molar-refractivity contribution in [3.05, 3.63) is 65.2 Å². The van der Waals surface area contributed by atoms with Crippen LogP contribution in [0.2, 0.25) is 0 Å². The molecule has 0 radical (unpaired) electrons. The first kappa shape index (κ1) is 27.5. The van der Waals surface area contributed by atoms with Crippen LogP contribution in [0.25, 0.3) is 0 Å². The van der Waals surface area contributed by atoms with E-state index < -0.39 is 54.2 Å². The number of carbonyl (C=O) groups is 7. The van der Waals surface area contributed by atoms with Crippen LogP contribution in [0.1, 0.15) is 45.5 Å². The molecule has 2 aromatic carbocycles. The van der Waals surface area contributed by atoms with Crippen molar-refractivity contribution in [3.63, 3.8) is 0 Å². The Morgan fingerprint density at radius 3 is 2.37 bits per heavy atom. The lowest BCUT2D eigenvalue weighted by Crippen LogP contribution is -2.54. The summed E-state index contributed by atoms with van der Waals surface area (Å²) in [5.41, 5.74) is 5.83. The zero-order valence-corrected chi connectivity index (χ0v) is 20.0. The summed E-state index contributed by atoms with van der Waals surface area (Å²) in [7, 11) is 0. The van der Waals surface area contributed by atoms with Crippen LogP contribution in [0.4, 0.5) is 10.5 Å². The number of nitrogens with zero attached hydrogens (tertiary/aromatic N) is 1. The van der Waals surface area contributed by atoms with Crippen molar-refractivity contribution >= 4 is 47.3 Å². The SMILES string of the molecule is NC(=O)COC(=O)Nc1cccc2c1C(=O)N(C1CCC(=O)NC1=O)C2=O.O=C(O)CCc1ccccc1. The number of carbonyl (C=O) groups excluding carboxylic acids is 6. The minimum absolute atomic E-state index is 0.00241. The number of amides is 6. The Bertz CT molecular complexity index is 1290. The van der Waals surface area contributed by atoms with E-state index in [0.717, 1.165) is 10.5 Å². The summed E-state index contributed by atoms with van der Waals surface area (Å²) in [5, 5.41) is 12.7. The molecule has 2 aliphatic heterocycles. The van der Waals surface area contributed by atoms with E-state index >= 15 is 0 Å². The molecule has 0 aromatic heterocycles. The number of imide groups is 2. The number of carboxylic acid groups (broad SMARTS) is 1. The van der Waals surface area contributed by atoms with Gasteiger partial charge in [0.2, 0.25) is 11.8 Å². The zero-order valence-electron chi connectivity index (χ0n) is 20.0. The van der Waals surface area contributed by atoms with Crippen molar-refractivity contribution in [2.75, 3.05) is 11.9 Å². The first-order valence-corrected chi connectivity index (χ1v) is 11.4.